The quantitative estimate of drug-likeness (QED) is 0.693. The van der Waals surface area contributed by atoms with Gasteiger partial charge in [0.1, 0.15) is 0 Å². The molecule has 1 N–H and O–H groups in total. The van der Waals surface area contributed by atoms with Crippen molar-refractivity contribution in [1.82, 2.24) is 4.90 Å². The van der Waals surface area contributed by atoms with Crippen molar-refractivity contribution < 1.29 is 14.4 Å². The second-order valence-electron chi connectivity index (χ2n) is 8.05. The normalized spacial score (nSPS) is 15.8. The molecule has 0 saturated carbocycles. The monoisotopic (exact) mass is 421 g/mol. The van der Waals surface area contributed by atoms with Crippen LogP contribution in [0, 0.1) is 12.8 Å². The third-order valence-electron chi connectivity index (χ3n) is 5.64. The van der Waals surface area contributed by atoms with Gasteiger partial charge in [-0.05, 0) is 62.2 Å². The number of likely N-dealkylation sites (tertiary alicyclic amines) is 1. The maximum atomic E-state index is 13.0. The molecule has 6 heteroatoms. The number of benzene rings is 2. The van der Waals surface area contributed by atoms with Gasteiger partial charge in [-0.15, -0.1) is 0 Å². The van der Waals surface area contributed by atoms with Crippen molar-refractivity contribution in [2.45, 2.75) is 40.0 Å². The van der Waals surface area contributed by atoms with E-state index in [1.165, 1.54) is 0 Å². The van der Waals surface area contributed by atoms with Crippen molar-refractivity contribution in [1.29, 1.82) is 0 Å². The number of anilines is 2. The Morgan fingerprint density at radius 1 is 1.13 bits per heavy atom. The molecule has 1 atom stereocenters. The summed E-state index contributed by atoms with van der Waals surface area (Å²) < 4.78 is 0. The molecule has 1 aliphatic heterocycles. The van der Waals surface area contributed by atoms with Gasteiger partial charge >= 0.3 is 0 Å². The minimum atomic E-state index is -0.331. The van der Waals surface area contributed by atoms with Crippen LogP contribution in [0.1, 0.15) is 49.0 Å². The molecule has 6 nitrogen and oxygen atoms in total. The van der Waals surface area contributed by atoms with Crippen LogP contribution in [0.25, 0.3) is 0 Å². The number of hydrogen-bond donors (Lipinski definition) is 1. The van der Waals surface area contributed by atoms with Gasteiger partial charge in [-0.2, -0.15) is 0 Å². The Hall–Kier alpha value is -3.15. The van der Waals surface area contributed by atoms with E-state index in [9.17, 15) is 14.4 Å². The van der Waals surface area contributed by atoms with Crippen molar-refractivity contribution in [3.63, 3.8) is 0 Å². The first kappa shape index (κ1) is 22.5. The van der Waals surface area contributed by atoms with Crippen molar-refractivity contribution in [2.75, 3.05) is 29.9 Å². The zero-order chi connectivity index (χ0) is 22.4. The molecule has 0 radical (unpaired) electrons. The molecule has 3 amide bonds. The van der Waals surface area contributed by atoms with Crippen LogP contribution >= 0.6 is 0 Å². The van der Waals surface area contributed by atoms with E-state index in [0.717, 1.165) is 24.1 Å². The molecule has 1 heterocycles. The minimum absolute atomic E-state index is 0.0466. The van der Waals surface area contributed by atoms with Gasteiger partial charge in [-0.25, -0.2) is 0 Å². The lowest BCUT2D eigenvalue weighted by molar-refractivity contribution is -0.128. The fourth-order valence-electron chi connectivity index (χ4n) is 3.85. The molecule has 3 rings (SSSR count). The maximum absolute atomic E-state index is 13.0. The van der Waals surface area contributed by atoms with Crippen LogP contribution < -0.4 is 10.2 Å². The highest BCUT2D eigenvalue weighted by Crippen LogP contribution is 2.22. The maximum Gasteiger partial charge on any atom is 0.258 e. The molecule has 1 aliphatic rings. The largest absolute Gasteiger partial charge is 0.342 e. The van der Waals surface area contributed by atoms with Gasteiger partial charge < -0.3 is 15.1 Å². The number of nitrogens with one attached hydrogen (secondary N) is 1. The number of hydrogen-bond acceptors (Lipinski definition) is 3. The van der Waals surface area contributed by atoms with Crippen LogP contribution in [0.3, 0.4) is 0 Å². The van der Waals surface area contributed by atoms with E-state index in [4.69, 9.17) is 0 Å². The SMILES string of the molecule is CCCCN1CC(C(=O)Nc2ccc(C(=O)N(CC)c3cccc(C)c3)cc2)CC1=O. The Morgan fingerprint density at radius 3 is 2.52 bits per heavy atom. The average molecular weight is 422 g/mol. The molecular formula is C25H31N3O3. The molecular weight excluding hydrogens is 390 g/mol. The first-order valence-electron chi connectivity index (χ1n) is 11.0. The van der Waals surface area contributed by atoms with Crippen LogP contribution in [0.5, 0.6) is 0 Å². The number of nitrogens with zero attached hydrogens (tertiary/aromatic N) is 2. The molecule has 2 aromatic carbocycles. The van der Waals surface area contributed by atoms with Crippen LogP contribution in [0.2, 0.25) is 0 Å². The Kier molecular flexibility index (Phi) is 7.45. The summed E-state index contributed by atoms with van der Waals surface area (Å²) in [5.41, 5.74) is 3.15. The highest BCUT2D eigenvalue weighted by Gasteiger charge is 2.33. The Bertz CT molecular complexity index is 939. The highest BCUT2D eigenvalue weighted by molar-refractivity contribution is 6.06. The van der Waals surface area contributed by atoms with Crippen molar-refractivity contribution >= 4 is 29.1 Å². The average Bonchev–Trinajstić information content (AvgIpc) is 3.14. The lowest BCUT2D eigenvalue weighted by Gasteiger charge is -2.21. The lowest BCUT2D eigenvalue weighted by atomic mass is 10.1. The molecule has 0 bridgehead atoms. The lowest BCUT2D eigenvalue weighted by Crippen LogP contribution is -2.30. The fraction of sp³-hybridized carbons (Fsp3) is 0.400. The number of carbonyl (C=O) groups is 3. The van der Waals surface area contributed by atoms with Crippen LogP contribution in [0.15, 0.2) is 48.5 Å². The van der Waals surface area contributed by atoms with E-state index in [2.05, 4.69) is 12.2 Å². The molecule has 2 aromatic rings. The smallest absolute Gasteiger partial charge is 0.258 e. The molecule has 0 spiro atoms. The second kappa shape index (κ2) is 10.2. The van der Waals surface area contributed by atoms with Gasteiger partial charge in [0.05, 0.1) is 5.92 Å². The summed E-state index contributed by atoms with van der Waals surface area (Å²) >= 11 is 0. The summed E-state index contributed by atoms with van der Waals surface area (Å²) in [7, 11) is 0. The summed E-state index contributed by atoms with van der Waals surface area (Å²) in [5, 5.41) is 2.89. The third kappa shape index (κ3) is 5.51. The Balaban J connectivity index is 1.62. The van der Waals surface area contributed by atoms with E-state index in [0.29, 0.717) is 30.9 Å². The van der Waals surface area contributed by atoms with E-state index in [1.807, 2.05) is 38.1 Å². The number of carbonyl (C=O) groups excluding carboxylic acids is 3. The van der Waals surface area contributed by atoms with Crippen LogP contribution in [-0.2, 0) is 9.59 Å². The van der Waals surface area contributed by atoms with Crippen LogP contribution in [0.4, 0.5) is 11.4 Å². The predicted molar refractivity (Wildman–Crippen MR) is 123 cm³/mol. The fourth-order valence-corrected chi connectivity index (χ4v) is 3.85. The number of amides is 3. The van der Waals surface area contributed by atoms with Gasteiger partial charge in [-0.1, -0.05) is 25.5 Å². The molecule has 0 aliphatic carbocycles. The number of aryl methyl sites for hydroxylation is 1. The summed E-state index contributed by atoms with van der Waals surface area (Å²) in [5.74, 6) is -0.520. The zero-order valence-electron chi connectivity index (χ0n) is 18.6. The number of unbranched alkanes of at least 4 members (excludes halogenated alkanes) is 1. The third-order valence-corrected chi connectivity index (χ3v) is 5.64. The highest BCUT2D eigenvalue weighted by atomic mass is 16.2. The Labute approximate surface area is 184 Å². The van der Waals surface area contributed by atoms with E-state index in [-0.39, 0.29) is 30.1 Å². The molecule has 1 saturated heterocycles. The van der Waals surface area contributed by atoms with E-state index in [1.54, 1.807) is 34.1 Å². The first-order chi connectivity index (χ1) is 14.9. The van der Waals surface area contributed by atoms with Gasteiger partial charge in [-0.3, -0.25) is 14.4 Å². The van der Waals surface area contributed by atoms with Gasteiger partial charge in [0.2, 0.25) is 11.8 Å². The topological polar surface area (TPSA) is 69.7 Å². The molecule has 1 fully saturated rings. The molecule has 1 unspecified atom stereocenters. The van der Waals surface area contributed by atoms with E-state index >= 15 is 0 Å². The van der Waals surface area contributed by atoms with Crippen molar-refractivity contribution in [3.8, 4) is 0 Å². The van der Waals surface area contributed by atoms with E-state index < -0.39 is 0 Å². The van der Waals surface area contributed by atoms with Crippen molar-refractivity contribution in [2.24, 2.45) is 5.92 Å². The van der Waals surface area contributed by atoms with Crippen LogP contribution in [-0.4, -0.2) is 42.3 Å². The predicted octanol–water partition coefficient (Wildman–Crippen LogP) is 4.25. The number of rotatable bonds is 8. The molecule has 164 valence electrons. The minimum Gasteiger partial charge on any atom is -0.342 e. The summed E-state index contributed by atoms with van der Waals surface area (Å²) in [6.07, 6.45) is 2.23. The second-order valence-corrected chi connectivity index (χ2v) is 8.05. The standard InChI is InChI=1S/C25H31N3O3/c1-4-6-14-27-17-20(16-23(27)29)24(30)26-21-12-10-19(11-13-21)25(31)28(5-2)22-9-7-8-18(3)15-22/h7-13,15,20H,4-6,14,16-17H2,1-3H3,(H,26,30). The van der Waals surface area contributed by atoms with Crippen molar-refractivity contribution in [3.05, 3.63) is 59.7 Å². The zero-order valence-corrected chi connectivity index (χ0v) is 18.6. The van der Waals surface area contributed by atoms with Gasteiger partial charge in [0.25, 0.3) is 5.91 Å². The summed E-state index contributed by atoms with van der Waals surface area (Å²) in [6.45, 7) is 7.78. The Morgan fingerprint density at radius 2 is 1.87 bits per heavy atom. The van der Waals surface area contributed by atoms with Gasteiger partial charge in [0.15, 0.2) is 0 Å². The first-order valence-corrected chi connectivity index (χ1v) is 11.0. The summed E-state index contributed by atoms with van der Waals surface area (Å²) in [4.78, 5) is 41.2. The molecule has 31 heavy (non-hydrogen) atoms. The summed E-state index contributed by atoms with van der Waals surface area (Å²) in [6, 6.07) is 14.8. The molecule has 0 aromatic heterocycles. The van der Waals surface area contributed by atoms with Gasteiger partial charge in [0, 0.05) is 43.0 Å².